The summed E-state index contributed by atoms with van der Waals surface area (Å²) in [7, 11) is 7.36. The lowest BCUT2D eigenvalue weighted by molar-refractivity contribution is -0.117. The maximum absolute atomic E-state index is 15.3. The summed E-state index contributed by atoms with van der Waals surface area (Å²) >= 11 is 0. The number of rotatable bonds is 6. The van der Waals surface area contributed by atoms with Crippen molar-refractivity contribution in [3.8, 4) is 5.69 Å². The molecule has 15 heteroatoms. The molecule has 0 radical (unpaired) electrons. The van der Waals surface area contributed by atoms with E-state index in [1.54, 1.807) is 17.7 Å². The molecule has 0 saturated heterocycles. The van der Waals surface area contributed by atoms with Gasteiger partial charge in [0.25, 0.3) is 5.91 Å². The molecule has 36 heavy (non-hydrogen) atoms. The molecule has 1 fully saturated rings. The Labute approximate surface area is 209 Å². The quantitative estimate of drug-likeness (QED) is 0.370. The van der Waals surface area contributed by atoms with Crippen molar-refractivity contribution < 1.29 is 14.0 Å². The number of hydrogen-bond acceptors (Lipinski definition) is 8. The summed E-state index contributed by atoms with van der Waals surface area (Å²) < 4.78 is 17.0. The van der Waals surface area contributed by atoms with E-state index >= 15 is 4.39 Å². The third-order valence-corrected chi connectivity index (χ3v) is 5.83. The SMILES string of the molecule is BC(B)(B)NC(=O)c1nnc(NC(=O)C2CC2)cc1Nc1c(F)ccc2c1N(C)Cc1nc(C)nn1-2. The number of nitrogens with zero attached hydrogens (tertiary/aromatic N) is 6. The fraction of sp³-hybridized carbons (Fsp3) is 0.333. The zero-order chi connectivity index (χ0) is 25.8. The molecule has 0 bridgehead atoms. The van der Waals surface area contributed by atoms with Gasteiger partial charge in [-0.1, -0.05) is 0 Å². The van der Waals surface area contributed by atoms with Gasteiger partial charge >= 0.3 is 0 Å². The molecule has 1 aliphatic carbocycles. The van der Waals surface area contributed by atoms with Crippen LogP contribution in [0.3, 0.4) is 0 Å². The number of amides is 2. The molecule has 1 aliphatic heterocycles. The van der Waals surface area contributed by atoms with E-state index in [1.165, 1.54) is 12.1 Å². The van der Waals surface area contributed by atoms with E-state index in [0.29, 0.717) is 23.7 Å². The maximum atomic E-state index is 15.3. The molecule has 182 valence electrons. The van der Waals surface area contributed by atoms with Gasteiger partial charge in [-0.3, -0.25) is 9.59 Å². The van der Waals surface area contributed by atoms with Gasteiger partial charge in [0.05, 0.1) is 23.6 Å². The first-order valence-corrected chi connectivity index (χ1v) is 11.7. The minimum atomic E-state index is -0.534. The average Bonchev–Trinajstić information content (AvgIpc) is 3.56. The van der Waals surface area contributed by atoms with Gasteiger partial charge in [0.2, 0.25) is 5.91 Å². The molecule has 2 aliphatic rings. The van der Waals surface area contributed by atoms with Crippen LogP contribution in [0.2, 0.25) is 0 Å². The Kier molecular flexibility index (Phi) is 5.72. The van der Waals surface area contributed by atoms with Crippen LogP contribution in [0.4, 0.5) is 27.3 Å². The van der Waals surface area contributed by atoms with Crippen LogP contribution in [0.25, 0.3) is 5.69 Å². The molecular formula is C21H25B3FN9O2. The van der Waals surface area contributed by atoms with Crippen molar-refractivity contribution in [1.82, 2.24) is 30.3 Å². The highest BCUT2D eigenvalue weighted by molar-refractivity contribution is 6.60. The van der Waals surface area contributed by atoms with Gasteiger partial charge in [0.15, 0.2) is 17.3 Å². The maximum Gasteiger partial charge on any atom is 0.272 e. The predicted molar refractivity (Wildman–Crippen MR) is 141 cm³/mol. The number of carbonyl (C=O) groups excluding carboxylic acids is 2. The van der Waals surface area contributed by atoms with Crippen molar-refractivity contribution in [2.45, 2.75) is 31.5 Å². The Morgan fingerprint density at radius 3 is 2.64 bits per heavy atom. The lowest BCUT2D eigenvalue weighted by atomic mass is 9.49. The Morgan fingerprint density at radius 1 is 1.19 bits per heavy atom. The van der Waals surface area contributed by atoms with Crippen molar-refractivity contribution in [3.63, 3.8) is 0 Å². The lowest BCUT2D eigenvalue weighted by Crippen LogP contribution is -2.50. The lowest BCUT2D eigenvalue weighted by Gasteiger charge is -2.30. The number of aryl methyl sites for hydroxylation is 1. The molecule has 11 nitrogen and oxygen atoms in total. The zero-order valence-electron chi connectivity index (χ0n) is 20.8. The minimum absolute atomic E-state index is 0.0258. The number of hydrogen-bond donors (Lipinski definition) is 3. The Balaban J connectivity index is 1.58. The van der Waals surface area contributed by atoms with Crippen molar-refractivity contribution in [3.05, 3.63) is 41.4 Å². The molecule has 0 atom stereocenters. The molecule has 3 aromatic rings. The van der Waals surface area contributed by atoms with Crippen LogP contribution in [-0.4, -0.2) is 72.6 Å². The molecule has 0 spiro atoms. The van der Waals surface area contributed by atoms with Gasteiger partial charge in [0.1, 0.15) is 40.9 Å². The van der Waals surface area contributed by atoms with Crippen molar-refractivity contribution >= 4 is 58.2 Å². The van der Waals surface area contributed by atoms with E-state index in [4.69, 9.17) is 0 Å². The molecular weight excluding hydrogens is 462 g/mol. The summed E-state index contributed by atoms with van der Waals surface area (Å²) in [5.41, 5.74) is 1.52. The predicted octanol–water partition coefficient (Wildman–Crippen LogP) is -1.21. The van der Waals surface area contributed by atoms with Crippen molar-refractivity contribution in [2.24, 2.45) is 5.92 Å². The summed E-state index contributed by atoms with van der Waals surface area (Å²) in [4.78, 5) is 31.7. The molecule has 1 aromatic carbocycles. The van der Waals surface area contributed by atoms with Crippen LogP contribution >= 0.6 is 0 Å². The van der Waals surface area contributed by atoms with E-state index in [9.17, 15) is 9.59 Å². The van der Waals surface area contributed by atoms with Crippen molar-refractivity contribution in [1.29, 1.82) is 0 Å². The number of anilines is 4. The van der Waals surface area contributed by atoms with Gasteiger partial charge < -0.3 is 20.9 Å². The Hall–Kier alpha value is -3.90. The topological polar surface area (TPSA) is 130 Å². The number of nitrogens with one attached hydrogen (secondary N) is 3. The second-order valence-electron chi connectivity index (χ2n) is 10.2. The number of fused-ring (bicyclic) bond motifs is 3. The van der Waals surface area contributed by atoms with Crippen LogP contribution in [0.1, 0.15) is 35.0 Å². The van der Waals surface area contributed by atoms with E-state index in [2.05, 4.69) is 36.2 Å². The van der Waals surface area contributed by atoms with Crippen LogP contribution in [0, 0.1) is 18.7 Å². The standard InChI is InChI=1S/C21H25B3FN9O2/c1-9-26-15-8-33(2)18-13(34(15)32-9)6-5-11(25)16(18)27-12-7-14(28-19(35)10-3-4-10)30-31-17(12)20(36)29-21(22,23)24/h5-7,10H,3-4,8,22-24H2,1-2H3,(H,29,36)(H2,27,28,30,35). The van der Waals surface area contributed by atoms with Gasteiger partial charge in [0, 0.05) is 19.0 Å². The monoisotopic (exact) mass is 487 g/mol. The summed E-state index contributed by atoms with van der Waals surface area (Å²) in [6.45, 7) is 2.22. The van der Waals surface area contributed by atoms with E-state index in [1.807, 2.05) is 35.5 Å². The average molecular weight is 487 g/mol. The fourth-order valence-corrected chi connectivity index (χ4v) is 4.10. The molecule has 2 aromatic heterocycles. The highest BCUT2D eigenvalue weighted by Crippen LogP contribution is 2.40. The Bertz CT molecular complexity index is 1390. The molecule has 2 amide bonds. The van der Waals surface area contributed by atoms with Crippen LogP contribution in [0.15, 0.2) is 18.2 Å². The smallest absolute Gasteiger partial charge is 0.272 e. The molecule has 5 rings (SSSR count). The van der Waals surface area contributed by atoms with Crippen LogP contribution in [0.5, 0.6) is 0 Å². The number of halogens is 1. The molecule has 3 N–H and O–H groups in total. The third kappa shape index (κ3) is 4.64. The van der Waals surface area contributed by atoms with E-state index in [-0.39, 0.29) is 34.7 Å². The summed E-state index contributed by atoms with van der Waals surface area (Å²) in [5.74, 6) is 0.323. The summed E-state index contributed by atoms with van der Waals surface area (Å²) in [5, 5.41) is 20.7. The molecule has 3 heterocycles. The number of benzene rings is 1. The van der Waals surface area contributed by atoms with Gasteiger partial charge in [-0.2, -0.15) is 5.10 Å². The summed E-state index contributed by atoms with van der Waals surface area (Å²) in [6.07, 6.45) is 1.65. The van der Waals surface area contributed by atoms with E-state index < -0.39 is 17.0 Å². The molecule has 0 unspecified atom stereocenters. The highest BCUT2D eigenvalue weighted by atomic mass is 19.1. The second-order valence-corrected chi connectivity index (χ2v) is 10.2. The highest BCUT2D eigenvalue weighted by Gasteiger charge is 2.31. The summed E-state index contributed by atoms with van der Waals surface area (Å²) in [6, 6.07) is 4.47. The minimum Gasteiger partial charge on any atom is -0.368 e. The number of aromatic nitrogens is 5. The largest absolute Gasteiger partial charge is 0.368 e. The fourth-order valence-electron chi connectivity index (χ4n) is 4.10. The second kappa shape index (κ2) is 8.64. The van der Waals surface area contributed by atoms with Gasteiger partial charge in [-0.05, 0) is 37.1 Å². The first kappa shape index (κ1) is 23.8. The van der Waals surface area contributed by atoms with Crippen LogP contribution in [-0.2, 0) is 11.3 Å². The van der Waals surface area contributed by atoms with Gasteiger partial charge in [-0.25, -0.2) is 14.1 Å². The third-order valence-electron chi connectivity index (χ3n) is 5.83. The van der Waals surface area contributed by atoms with Gasteiger partial charge in [-0.15, -0.1) is 10.2 Å². The van der Waals surface area contributed by atoms with Crippen molar-refractivity contribution in [2.75, 3.05) is 22.6 Å². The first-order valence-electron chi connectivity index (χ1n) is 11.7. The zero-order valence-corrected chi connectivity index (χ0v) is 20.8. The number of carbonyl (C=O) groups is 2. The normalized spacial score (nSPS) is 14.6. The molecule has 1 saturated carbocycles. The van der Waals surface area contributed by atoms with Crippen LogP contribution < -0.4 is 20.9 Å². The first-order chi connectivity index (χ1) is 17.0. The van der Waals surface area contributed by atoms with E-state index in [0.717, 1.165) is 18.7 Å². The Morgan fingerprint density at radius 2 is 1.94 bits per heavy atom.